The Bertz CT molecular complexity index is 1010. The molecule has 0 aromatic heterocycles. The zero-order valence-electron chi connectivity index (χ0n) is 17.9. The Kier molecular flexibility index (Phi) is 6.66. The summed E-state index contributed by atoms with van der Waals surface area (Å²) in [7, 11) is 0. The summed E-state index contributed by atoms with van der Waals surface area (Å²) >= 11 is 8.37. The molecule has 5 rings (SSSR count). The normalized spacial score (nSPS) is 22.9. The molecule has 2 heterocycles. The average Bonchev–Trinajstić information content (AvgIpc) is 2.97. The van der Waals surface area contributed by atoms with Crippen LogP contribution in [-0.2, 0) is 12.8 Å². The third-order valence-electron chi connectivity index (χ3n) is 6.89. The van der Waals surface area contributed by atoms with Crippen LogP contribution in [0.1, 0.15) is 29.2 Å². The van der Waals surface area contributed by atoms with E-state index in [1.807, 2.05) is 17.8 Å². The molecule has 0 spiro atoms. The lowest BCUT2D eigenvalue weighted by molar-refractivity contribution is -1.03. The number of quaternary nitrogens is 2. The van der Waals surface area contributed by atoms with E-state index in [0.717, 1.165) is 11.4 Å². The third kappa shape index (κ3) is 5.01. The van der Waals surface area contributed by atoms with Gasteiger partial charge in [-0.25, -0.2) is 0 Å². The zero-order valence-corrected chi connectivity index (χ0v) is 19.5. The first-order chi connectivity index (χ1) is 15.3. The van der Waals surface area contributed by atoms with Gasteiger partial charge in [-0.3, -0.25) is 0 Å². The van der Waals surface area contributed by atoms with Crippen LogP contribution in [0.25, 0.3) is 0 Å². The van der Waals surface area contributed by atoms with Crippen LogP contribution in [0.15, 0.2) is 82.6 Å². The molecule has 1 atom stereocenters. The van der Waals surface area contributed by atoms with Crippen LogP contribution >= 0.6 is 23.4 Å². The molecule has 3 aromatic carbocycles. The van der Waals surface area contributed by atoms with Crippen molar-refractivity contribution < 1.29 is 9.80 Å². The highest BCUT2D eigenvalue weighted by Crippen LogP contribution is 2.40. The first-order valence-corrected chi connectivity index (χ1v) is 12.7. The van der Waals surface area contributed by atoms with Crippen molar-refractivity contribution in [2.45, 2.75) is 35.1 Å². The van der Waals surface area contributed by atoms with Gasteiger partial charge in [0, 0.05) is 33.2 Å². The second-order valence-corrected chi connectivity index (χ2v) is 10.4. The van der Waals surface area contributed by atoms with Crippen molar-refractivity contribution in [2.24, 2.45) is 0 Å². The first kappa shape index (κ1) is 21.1. The molecule has 2 aliphatic heterocycles. The van der Waals surface area contributed by atoms with Crippen molar-refractivity contribution in [3.05, 3.63) is 94.5 Å². The van der Waals surface area contributed by atoms with Crippen LogP contribution in [-0.4, -0.2) is 32.7 Å². The fourth-order valence-electron chi connectivity index (χ4n) is 5.18. The van der Waals surface area contributed by atoms with Gasteiger partial charge < -0.3 is 9.80 Å². The van der Waals surface area contributed by atoms with E-state index in [0.29, 0.717) is 6.04 Å². The number of aryl methyl sites for hydroxylation is 1. The lowest BCUT2D eigenvalue weighted by Gasteiger charge is -2.35. The number of rotatable bonds is 5. The van der Waals surface area contributed by atoms with Crippen molar-refractivity contribution in [3.63, 3.8) is 0 Å². The first-order valence-electron chi connectivity index (χ1n) is 11.5. The van der Waals surface area contributed by atoms with Gasteiger partial charge in [-0.2, -0.15) is 0 Å². The third-order valence-corrected chi connectivity index (χ3v) is 8.34. The van der Waals surface area contributed by atoms with Crippen LogP contribution in [0.5, 0.6) is 0 Å². The number of halogens is 1. The summed E-state index contributed by atoms with van der Waals surface area (Å²) in [5.74, 6) is 0. The SMILES string of the molecule is Clc1ccc2c(c1)[C@@H]([NH+]1CC[NH+](CCCc3ccccc3)CC1)Cc1ccccc1S2. The zero-order chi connectivity index (χ0) is 21.0. The quantitative estimate of drug-likeness (QED) is 0.604. The highest BCUT2D eigenvalue weighted by Gasteiger charge is 2.34. The molecule has 3 aromatic rings. The van der Waals surface area contributed by atoms with Gasteiger partial charge in [-0.15, -0.1) is 0 Å². The Morgan fingerprint density at radius 2 is 1.61 bits per heavy atom. The van der Waals surface area contributed by atoms with Crippen LogP contribution < -0.4 is 9.80 Å². The van der Waals surface area contributed by atoms with Gasteiger partial charge in [0.15, 0.2) is 0 Å². The van der Waals surface area contributed by atoms with Crippen molar-refractivity contribution in [3.8, 4) is 0 Å². The number of fused-ring (bicyclic) bond motifs is 2. The van der Waals surface area contributed by atoms with Crippen molar-refractivity contribution in [2.75, 3.05) is 32.7 Å². The number of piperazine rings is 1. The second kappa shape index (κ2) is 9.79. The van der Waals surface area contributed by atoms with Crippen molar-refractivity contribution in [1.82, 2.24) is 0 Å². The van der Waals surface area contributed by atoms with Gasteiger partial charge in [-0.05, 0) is 41.8 Å². The van der Waals surface area contributed by atoms with Crippen LogP contribution in [0, 0.1) is 0 Å². The molecule has 1 fully saturated rings. The predicted octanol–water partition coefficient (Wildman–Crippen LogP) is 3.50. The molecule has 0 aliphatic carbocycles. The molecule has 0 unspecified atom stereocenters. The summed E-state index contributed by atoms with van der Waals surface area (Å²) in [6.45, 7) is 6.30. The molecule has 2 aliphatic rings. The second-order valence-electron chi connectivity index (χ2n) is 8.90. The molecule has 0 radical (unpaired) electrons. The molecule has 0 bridgehead atoms. The van der Waals surface area contributed by atoms with E-state index in [9.17, 15) is 0 Å². The van der Waals surface area contributed by atoms with Gasteiger partial charge in [0.25, 0.3) is 0 Å². The van der Waals surface area contributed by atoms with Crippen LogP contribution in [0.4, 0.5) is 0 Å². The number of benzene rings is 3. The Morgan fingerprint density at radius 1 is 0.839 bits per heavy atom. The van der Waals surface area contributed by atoms with E-state index >= 15 is 0 Å². The minimum atomic E-state index is 0.496. The van der Waals surface area contributed by atoms with Crippen molar-refractivity contribution >= 4 is 23.4 Å². The van der Waals surface area contributed by atoms with Crippen LogP contribution in [0.3, 0.4) is 0 Å². The Labute approximate surface area is 195 Å². The summed E-state index contributed by atoms with van der Waals surface area (Å²) in [5, 5.41) is 0.861. The van der Waals surface area contributed by atoms with E-state index in [4.69, 9.17) is 11.6 Å². The van der Waals surface area contributed by atoms with Crippen LogP contribution in [0.2, 0.25) is 5.02 Å². The van der Waals surface area contributed by atoms with Gasteiger partial charge in [-0.1, -0.05) is 71.9 Å². The molecular weight excluding hydrogens is 420 g/mol. The topological polar surface area (TPSA) is 8.88 Å². The summed E-state index contributed by atoms with van der Waals surface area (Å²) in [6, 6.07) is 26.8. The maximum absolute atomic E-state index is 6.45. The highest BCUT2D eigenvalue weighted by atomic mass is 35.5. The molecular formula is C27H31ClN2S+2. The summed E-state index contributed by atoms with van der Waals surface area (Å²) in [4.78, 5) is 6.28. The molecule has 1 saturated heterocycles. The molecule has 160 valence electrons. The Balaban J connectivity index is 1.25. The lowest BCUT2D eigenvalue weighted by atomic mass is 9.96. The van der Waals surface area contributed by atoms with Gasteiger partial charge in [0.1, 0.15) is 32.2 Å². The van der Waals surface area contributed by atoms with Crippen molar-refractivity contribution in [1.29, 1.82) is 0 Å². The van der Waals surface area contributed by atoms with E-state index in [-0.39, 0.29) is 0 Å². The maximum Gasteiger partial charge on any atom is 0.128 e. The largest absolute Gasteiger partial charge is 0.326 e. The van der Waals surface area contributed by atoms with Gasteiger partial charge in [0.2, 0.25) is 0 Å². The predicted molar refractivity (Wildman–Crippen MR) is 129 cm³/mol. The molecule has 31 heavy (non-hydrogen) atoms. The number of hydrogen-bond donors (Lipinski definition) is 2. The minimum Gasteiger partial charge on any atom is -0.326 e. The summed E-state index contributed by atoms with van der Waals surface area (Å²) in [6.07, 6.45) is 3.58. The summed E-state index contributed by atoms with van der Waals surface area (Å²) in [5.41, 5.74) is 4.39. The molecule has 0 saturated carbocycles. The average molecular weight is 451 g/mol. The standard InChI is InChI=1S/C27H29ClN2S/c28-23-12-13-27-24(20-23)25(19-22-10-4-5-11-26(22)31-27)30-17-15-29(16-18-30)14-6-9-21-7-2-1-3-8-21/h1-5,7-8,10-13,20,25H,6,9,14-19H2/p+2/t25-/m0/s1. The van der Waals surface area contributed by atoms with E-state index < -0.39 is 0 Å². The fraction of sp³-hybridized carbons (Fsp3) is 0.333. The number of hydrogen-bond acceptors (Lipinski definition) is 1. The smallest absolute Gasteiger partial charge is 0.128 e. The Morgan fingerprint density at radius 3 is 2.45 bits per heavy atom. The lowest BCUT2D eigenvalue weighted by Crippen LogP contribution is -3.28. The Hall–Kier alpha value is -1.78. The minimum absolute atomic E-state index is 0.496. The summed E-state index contributed by atoms with van der Waals surface area (Å²) < 4.78 is 0. The van der Waals surface area contributed by atoms with Gasteiger partial charge in [0.05, 0.1) is 6.54 Å². The molecule has 4 heteroatoms. The highest BCUT2D eigenvalue weighted by molar-refractivity contribution is 7.99. The van der Waals surface area contributed by atoms with E-state index in [2.05, 4.69) is 66.7 Å². The molecule has 0 amide bonds. The van der Waals surface area contributed by atoms with E-state index in [1.54, 1.807) is 9.80 Å². The maximum atomic E-state index is 6.45. The molecule has 2 nitrogen and oxygen atoms in total. The van der Waals surface area contributed by atoms with E-state index in [1.165, 1.54) is 72.0 Å². The number of nitrogens with one attached hydrogen (secondary N) is 2. The molecule has 2 N–H and O–H groups in total. The monoisotopic (exact) mass is 450 g/mol. The fourth-order valence-corrected chi connectivity index (χ4v) is 6.48. The van der Waals surface area contributed by atoms with Gasteiger partial charge >= 0.3 is 0 Å².